The molecule has 0 fully saturated rings. The van der Waals surface area contributed by atoms with Crippen molar-refractivity contribution >= 4 is 23.6 Å². The molecule has 148 valence electrons. The van der Waals surface area contributed by atoms with Crippen molar-refractivity contribution in [2.45, 2.75) is 20.0 Å². The van der Waals surface area contributed by atoms with Gasteiger partial charge in [0.2, 0.25) is 0 Å². The van der Waals surface area contributed by atoms with E-state index in [9.17, 15) is 14.0 Å². The van der Waals surface area contributed by atoms with Crippen LogP contribution in [-0.4, -0.2) is 31.7 Å². The van der Waals surface area contributed by atoms with E-state index in [0.29, 0.717) is 17.2 Å². The molecule has 2 rings (SSSR count). The van der Waals surface area contributed by atoms with Gasteiger partial charge < -0.3 is 19.5 Å². The standard InChI is InChI=1S/C21H22FNO5/c1-4-5-15-6-11-18(19(12-15)26-3)27-13-20(24)28-14(2)21(25)23-17-9-7-16(22)8-10-17/h4-12,14H,13H2,1-3H3,(H,23,25)/b5-4+/t14-/m0/s1. The fourth-order valence-corrected chi connectivity index (χ4v) is 2.30. The van der Waals surface area contributed by atoms with E-state index in [2.05, 4.69) is 5.32 Å². The molecule has 0 aliphatic rings. The van der Waals surface area contributed by atoms with Crippen LogP contribution < -0.4 is 14.8 Å². The number of anilines is 1. The Kier molecular flexibility index (Phi) is 7.56. The number of halogens is 1. The number of rotatable bonds is 8. The molecule has 0 aromatic heterocycles. The molecule has 0 saturated carbocycles. The van der Waals surface area contributed by atoms with Crippen LogP contribution in [-0.2, 0) is 14.3 Å². The van der Waals surface area contributed by atoms with Crippen molar-refractivity contribution in [1.82, 2.24) is 0 Å². The third-order valence-corrected chi connectivity index (χ3v) is 3.68. The van der Waals surface area contributed by atoms with Gasteiger partial charge >= 0.3 is 5.97 Å². The number of hydrogen-bond acceptors (Lipinski definition) is 5. The summed E-state index contributed by atoms with van der Waals surface area (Å²) < 4.78 is 28.6. The van der Waals surface area contributed by atoms with Crippen LogP contribution in [0.1, 0.15) is 19.4 Å². The van der Waals surface area contributed by atoms with Crippen LogP contribution in [0.15, 0.2) is 48.5 Å². The largest absolute Gasteiger partial charge is 0.493 e. The highest BCUT2D eigenvalue weighted by Crippen LogP contribution is 2.28. The van der Waals surface area contributed by atoms with Gasteiger partial charge in [0.25, 0.3) is 5.91 Å². The second-order valence-corrected chi connectivity index (χ2v) is 5.83. The molecule has 0 heterocycles. The molecule has 0 bridgehead atoms. The van der Waals surface area contributed by atoms with Crippen LogP contribution in [0.2, 0.25) is 0 Å². The van der Waals surface area contributed by atoms with Gasteiger partial charge in [-0.2, -0.15) is 0 Å². The van der Waals surface area contributed by atoms with E-state index in [1.807, 2.05) is 25.1 Å². The maximum atomic E-state index is 12.9. The lowest BCUT2D eigenvalue weighted by Gasteiger charge is -2.15. The minimum atomic E-state index is -1.04. The average Bonchev–Trinajstić information content (AvgIpc) is 2.68. The van der Waals surface area contributed by atoms with Crippen LogP contribution in [0, 0.1) is 5.82 Å². The van der Waals surface area contributed by atoms with Crippen LogP contribution >= 0.6 is 0 Å². The normalized spacial score (nSPS) is 11.7. The number of carbonyl (C=O) groups is 2. The van der Waals surface area contributed by atoms with Crippen molar-refractivity contribution in [3.8, 4) is 11.5 Å². The molecule has 0 radical (unpaired) electrons. The van der Waals surface area contributed by atoms with Crippen LogP contribution in [0.5, 0.6) is 11.5 Å². The summed E-state index contributed by atoms with van der Waals surface area (Å²) in [6.45, 7) is 2.96. The lowest BCUT2D eigenvalue weighted by atomic mass is 10.2. The number of allylic oxidation sites excluding steroid dienone is 1. The Hall–Kier alpha value is -3.35. The van der Waals surface area contributed by atoms with Crippen LogP contribution in [0.3, 0.4) is 0 Å². The molecule has 0 spiro atoms. The number of carbonyl (C=O) groups excluding carboxylic acids is 2. The third kappa shape index (κ3) is 6.12. The summed E-state index contributed by atoms with van der Waals surface area (Å²) in [5, 5.41) is 2.53. The van der Waals surface area contributed by atoms with E-state index in [-0.39, 0.29) is 6.61 Å². The van der Waals surface area contributed by atoms with E-state index >= 15 is 0 Å². The molecule has 0 aliphatic carbocycles. The van der Waals surface area contributed by atoms with E-state index in [0.717, 1.165) is 5.56 Å². The quantitative estimate of drug-likeness (QED) is 0.697. The molecule has 1 atom stereocenters. The van der Waals surface area contributed by atoms with E-state index in [1.54, 1.807) is 12.1 Å². The van der Waals surface area contributed by atoms with Gasteiger partial charge in [-0.3, -0.25) is 4.79 Å². The third-order valence-electron chi connectivity index (χ3n) is 3.68. The molecule has 2 aromatic carbocycles. The summed E-state index contributed by atoms with van der Waals surface area (Å²) in [7, 11) is 1.50. The number of nitrogens with one attached hydrogen (secondary N) is 1. The fourth-order valence-electron chi connectivity index (χ4n) is 2.30. The first-order chi connectivity index (χ1) is 13.4. The summed E-state index contributed by atoms with van der Waals surface area (Å²) in [5.74, 6) is -0.792. The number of hydrogen-bond donors (Lipinski definition) is 1. The van der Waals surface area contributed by atoms with Crippen molar-refractivity contribution in [2.24, 2.45) is 0 Å². The molecule has 0 saturated heterocycles. The Morgan fingerprint density at radius 3 is 2.50 bits per heavy atom. The topological polar surface area (TPSA) is 73.9 Å². The molecule has 7 heteroatoms. The lowest BCUT2D eigenvalue weighted by Crippen LogP contribution is -2.31. The van der Waals surface area contributed by atoms with Gasteiger partial charge in [0, 0.05) is 5.69 Å². The van der Waals surface area contributed by atoms with Crippen LogP contribution in [0.25, 0.3) is 6.08 Å². The number of esters is 1. The molecule has 1 N–H and O–H groups in total. The minimum Gasteiger partial charge on any atom is -0.493 e. The molecule has 1 amide bonds. The Balaban J connectivity index is 1.87. The van der Waals surface area contributed by atoms with E-state index < -0.39 is 23.8 Å². The smallest absolute Gasteiger partial charge is 0.344 e. The summed E-state index contributed by atoms with van der Waals surface area (Å²) in [6, 6.07) is 10.5. The maximum absolute atomic E-state index is 12.9. The van der Waals surface area contributed by atoms with Gasteiger partial charge in [-0.05, 0) is 55.8 Å². The highest BCUT2D eigenvalue weighted by molar-refractivity contribution is 5.95. The van der Waals surface area contributed by atoms with Gasteiger partial charge in [0.1, 0.15) is 5.82 Å². The van der Waals surface area contributed by atoms with Crippen molar-refractivity contribution in [2.75, 3.05) is 19.0 Å². The van der Waals surface area contributed by atoms with Crippen molar-refractivity contribution < 1.29 is 28.2 Å². The predicted octanol–water partition coefficient (Wildman–Crippen LogP) is 3.82. The highest BCUT2D eigenvalue weighted by atomic mass is 19.1. The molecular weight excluding hydrogens is 365 g/mol. The van der Waals surface area contributed by atoms with Gasteiger partial charge in [0.05, 0.1) is 7.11 Å². The zero-order valence-electron chi connectivity index (χ0n) is 15.9. The van der Waals surface area contributed by atoms with Gasteiger partial charge in [-0.25, -0.2) is 9.18 Å². The van der Waals surface area contributed by atoms with Gasteiger partial charge in [-0.1, -0.05) is 18.2 Å². The fraction of sp³-hybridized carbons (Fsp3) is 0.238. The first kappa shape index (κ1) is 21.0. The summed E-state index contributed by atoms with van der Waals surface area (Å²) in [5.41, 5.74) is 1.33. The predicted molar refractivity (Wildman–Crippen MR) is 104 cm³/mol. The minimum absolute atomic E-state index is 0.381. The highest BCUT2D eigenvalue weighted by Gasteiger charge is 2.19. The summed E-state index contributed by atoms with van der Waals surface area (Å²) in [4.78, 5) is 24.0. The zero-order chi connectivity index (χ0) is 20.5. The Morgan fingerprint density at radius 2 is 1.86 bits per heavy atom. The molecule has 2 aromatic rings. The maximum Gasteiger partial charge on any atom is 0.344 e. The first-order valence-electron chi connectivity index (χ1n) is 8.62. The number of amides is 1. The molecule has 6 nitrogen and oxygen atoms in total. The molecule has 28 heavy (non-hydrogen) atoms. The van der Waals surface area contributed by atoms with Crippen LogP contribution in [0.4, 0.5) is 10.1 Å². The molecule has 0 aliphatic heterocycles. The van der Waals surface area contributed by atoms with Crippen molar-refractivity contribution in [3.05, 3.63) is 59.9 Å². The Bertz CT molecular complexity index is 848. The first-order valence-corrected chi connectivity index (χ1v) is 8.62. The lowest BCUT2D eigenvalue weighted by molar-refractivity contribution is -0.155. The summed E-state index contributed by atoms with van der Waals surface area (Å²) in [6.07, 6.45) is 2.76. The summed E-state index contributed by atoms with van der Waals surface area (Å²) >= 11 is 0. The van der Waals surface area contributed by atoms with E-state index in [1.165, 1.54) is 38.3 Å². The second-order valence-electron chi connectivity index (χ2n) is 5.83. The Morgan fingerprint density at radius 1 is 1.14 bits per heavy atom. The second kappa shape index (κ2) is 10.1. The monoisotopic (exact) mass is 387 g/mol. The van der Waals surface area contributed by atoms with E-state index in [4.69, 9.17) is 14.2 Å². The van der Waals surface area contributed by atoms with Gasteiger partial charge in [-0.15, -0.1) is 0 Å². The Labute approximate surface area is 162 Å². The number of ether oxygens (including phenoxy) is 3. The number of benzene rings is 2. The molecule has 0 unspecified atom stereocenters. The van der Waals surface area contributed by atoms with Crippen molar-refractivity contribution in [1.29, 1.82) is 0 Å². The number of methoxy groups -OCH3 is 1. The average molecular weight is 387 g/mol. The van der Waals surface area contributed by atoms with Gasteiger partial charge in [0.15, 0.2) is 24.2 Å². The zero-order valence-corrected chi connectivity index (χ0v) is 15.9. The molecular formula is C21H22FNO5. The van der Waals surface area contributed by atoms with Crippen molar-refractivity contribution in [3.63, 3.8) is 0 Å². The SMILES string of the molecule is C/C=C/c1ccc(OCC(=O)O[C@@H](C)C(=O)Nc2ccc(F)cc2)c(OC)c1.